The lowest BCUT2D eigenvalue weighted by Crippen LogP contribution is -3.02. The van der Waals surface area contributed by atoms with Crippen molar-refractivity contribution in [3.63, 3.8) is 0 Å². The summed E-state index contributed by atoms with van der Waals surface area (Å²) in [6.45, 7) is 7.82. The van der Waals surface area contributed by atoms with Crippen molar-refractivity contribution < 1.29 is 44.8 Å². The number of quaternary nitrogens is 1. The van der Waals surface area contributed by atoms with Crippen LogP contribution < -0.4 is 18.9 Å². The summed E-state index contributed by atoms with van der Waals surface area (Å²) in [5, 5.41) is 0. The van der Waals surface area contributed by atoms with Crippen molar-refractivity contribution in [2.24, 2.45) is 0 Å². The van der Waals surface area contributed by atoms with Crippen LogP contribution >= 0.6 is 0 Å². The van der Waals surface area contributed by atoms with Gasteiger partial charge in [0, 0.05) is 29.8 Å². The molecule has 204 valence electrons. The molecule has 0 fully saturated rings. The average molecular weight is 542 g/mol. The Morgan fingerprint density at radius 1 is 0.737 bits per heavy atom. The number of allylic oxidation sites excluding steroid dienone is 2. The number of nitrogens with one attached hydrogen (secondary N) is 1. The van der Waals surface area contributed by atoms with Gasteiger partial charge in [-0.2, -0.15) is 4.57 Å². The quantitative estimate of drug-likeness (QED) is 0.275. The Morgan fingerprint density at radius 3 is 1.71 bits per heavy atom. The molecule has 0 aliphatic carbocycles. The van der Waals surface area contributed by atoms with Gasteiger partial charge in [0.1, 0.15) is 18.4 Å². The summed E-state index contributed by atoms with van der Waals surface area (Å²) in [6, 6.07) is 23.6. The number of benzene rings is 2. The van der Waals surface area contributed by atoms with Crippen LogP contribution in [0.4, 0.5) is 31.6 Å². The van der Waals surface area contributed by atoms with E-state index in [2.05, 4.69) is 117 Å². The zero-order chi connectivity index (χ0) is 26.7. The molecule has 3 aromatic rings. The van der Waals surface area contributed by atoms with Gasteiger partial charge in [-0.25, -0.2) is 0 Å². The molecule has 0 bridgehead atoms. The standard InChI is InChI=1S/C26H27N2.2BF3.2FH/c1-26(2,3)24-11-7-8-12-25(24)28-19-15-22(16-20-28)21-13-17-27(18-14-21)23-9-5-4-6-10-23;2*2-1(3)4;;/h4-19H,20H2,1-3H3;;;2*1H/q+1;;;;/p-1. The number of hydrogen-bond donors (Lipinski definition) is 1. The summed E-state index contributed by atoms with van der Waals surface area (Å²) in [4.78, 5) is 1.39. The predicted molar refractivity (Wildman–Crippen MR) is 134 cm³/mol. The van der Waals surface area contributed by atoms with Crippen molar-refractivity contribution in [1.82, 2.24) is 0 Å². The first-order chi connectivity index (χ1) is 17.0. The highest BCUT2D eigenvalue weighted by molar-refractivity contribution is 6.33. The molecule has 0 saturated carbocycles. The first-order valence-electron chi connectivity index (χ1n) is 11.2. The van der Waals surface area contributed by atoms with E-state index in [1.165, 1.54) is 33.0 Å². The van der Waals surface area contributed by atoms with Crippen molar-refractivity contribution in [3.05, 3.63) is 109 Å². The van der Waals surface area contributed by atoms with E-state index in [0.717, 1.165) is 6.54 Å². The van der Waals surface area contributed by atoms with Crippen molar-refractivity contribution in [1.29, 1.82) is 0 Å². The number of rotatable bonds is 3. The Labute approximate surface area is 218 Å². The number of pyridine rings is 1. The van der Waals surface area contributed by atoms with Gasteiger partial charge in [0.25, 0.3) is 0 Å². The van der Waals surface area contributed by atoms with Crippen LogP contribution in [0.5, 0.6) is 0 Å². The van der Waals surface area contributed by atoms with Crippen LogP contribution in [0.25, 0.3) is 11.3 Å². The van der Waals surface area contributed by atoms with Crippen molar-refractivity contribution in [3.8, 4) is 5.69 Å². The van der Waals surface area contributed by atoms with Gasteiger partial charge in [-0.05, 0) is 34.8 Å². The molecule has 0 radical (unpaired) electrons. The van der Waals surface area contributed by atoms with Crippen molar-refractivity contribution in [2.45, 2.75) is 26.2 Å². The largest absolute Gasteiger partial charge is 1.00 e. The smallest absolute Gasteiger partial charge is 0.762 e. The van der Waals surface area contributed by atoms with E-state index < -0.39 is 15.1 Å². The normalized spacial score (nSPS) is 13.7. The van der Waals surface area contributed by atoms with E-state index in [1.807, 2.05) is 6.07 Å². The van der Waals surface area contributed by atoms with Gasteiger partial charge in [-0.3, -0.25) is 30.8 Å². The molecule has 12 heteroatoms. The summed E-state index contributed by atoms with van der Waals surface area (Å²) in [5.74, 6) is 0. The van der Waals surface area contributed by atoms with Gasteiger partial charge >= 0.3 is 15.1 Å². The summed E-state index contributed by atoms with van der Waals surface area (Å²) >= 11 is 0. The first kappa shape index (κ1) is 34.6. The highest BCUT2D eigenvalue weighted by Gasteiger charge is 2.24. The van der Waals surface area contributed by atoms with Crippen molar-refractivity contribution in [2.75, 3.05) is 6.54 Å². The van der Waals surface area contributed by atoms with Crippen LogP contribution in [0, 0.1) is 0 Å². The second-order valence-electron chi connectivity index (χ2n) is 8.84. The van der Waals surface area contributed by atoms with Gasteiger partial charge in [-0.15, -0.1) is 0 Å². The minimum Gasteiger partial charge on any atom is -1.00 e. The number of nitrogens with zero attached hydrogens (tertiary/aromatic N) is 1. The second-order valence-corrected chi connectivity index (χ2v) is 8.84. The minimum atomic E-state index is -3.67. The Kier molecular flexibility index (Phi) is 15.0. The average Bonchev–Trinajstić information content (AvgIpc) is 2.84. The van der Waals surface area contributed by atoms with Crippen molar-refractivity contribution >= 4 is 26.3 Å². The van der Waals surface area contributed by atoms with Crippen LogP contribution in [0.15, 0.2) is 97.5 Å². The lowest BCUT2D eigenvalue weighted by Gasteiger charge is -2.26. The molecular weight excluding hydrogens is 514 g/mol. The Morgan fingerprint density at radius 2 is 1.24 bits per heavy atom. The summed E-state index contributed by atoms with van der Waals surface area (Å²) in [7, 11) is -7.33. The topological polar surface area (TPSA) is 8.32 Å². The molecule has 0 saturated heterocycles. The van der Waals surface area contributed by atoms with Gasteiger partial charge in [-0.1, -0.05) is 57.2 Å². The Hall–Kier alpha value is -3.40. The molecule has 2 nitrogen and oxygen atoms in total. The molecule has 2 heterocycles. The summed E-state index contributed by atoms with van der Waals surface area (Å²) in [5.41, 5.74) is 6.65. The number of hydrogen-bond acceptors (Lipinski definition) is 0. The summed E-state index contributed by atoms with van der Waals surface area (Å²) in [6.07, 6.45) is 11.1. The molecule has 4 rings (SSSR count). The second kappa shape index (κ2) is 16.4. The van der Waals surface area contributed by atoms with Crippen LogP contribution in [-0.4, -0.2) is 21.6 Å². The molecule has 0 amide bonds. The van der Waals surface area contributed by atoms with E-state index >= 15 is 0 Å². The van der Waals surface area contributed by atoms with E-state index in [0.29, 0.717) is 0 Å². The molecule has 1 aromatic heterocycles. The zero-order valence-corrected chi connectivity index (χ0v) is 21.1. The van der Waals surface area contributed by atoms with Gasteiger partial charge < -0.3 is 9.41 Å². The maximum absolute atomic E-state index is 9.67. The van der Waals surface area contributed by atoms with Crippen LogP contribution in [0.3, 0.4) is 0 Å². The molecule has 0 spiro atoms. The molecular formula is C26H28B2F8N2. The number of halogens is 8. The summed E-state index contributed by atoms with van der Waals surface area (Å²) < 4.78 is 60.1. The highest BCUT2D eigenvalue weighted by atomic mass is 19.4. The lowest BCUT2D eigenvalue weighted by atomic mass is 9.85. The third-order valence-electron chi connectivity index (χ3n) is 5.30. The molecule has 2 aromatic carbocycles. The minimum absolute atomic E-state index is 0. The van der Waals surface area contributed by atoms with Gasteiger partial charge in [0.05, 0.1) is 0 Å². The predicted octanol–water partition coefficient (Wildman–Crippen LogP) is 0.156. The fourth-order valence-electron chi connectivity index (χ4n) is 3.77. The molecule has 1 aliphatic heterocycles. The highest BCUT2D eigenvalue weighted by Crippen LogP contribution is 2.27. The molecule has 38 heavy (non-hydrogen) atoms. The fraction of sp³-hybridized carbons (Fsp3) is 0.192. The molecule has 1 atom stereocenters. The van der Waals surface area contributed by atoms with Gasteiger partial charge in [0.2, 0.25) is 5.69 Å². The Bertz CT molecular complexity index is 1120. The number of aromatic nitrogens is 1. The molecule has 1 N–H and O–H groups in total. The lowest BCUT2D eigenvalue weighted by molar-refractivity contribution is -0.768. The Balaban J connectivity index is 0.00000121. The van der Waals surface area contributed by atoms with Crippen LogP contribution in [0.1, 0.15) is 31.9 Å². The third kappa shape index (κ3) is 11.3. The SMILES string of the molecule is CC(C)(C)c1ccccc1[NH+]1C=CC(c2cc[n+](-c3ccccc3)cc2)=CC1.FB(F)F.FB(F)F.[F-].[F-]. The van der Waals surface area contributed by atoms with E-state index in [9.17, 15) is 25.9 Å². The first-order valence-corrected chi connectivity index (χ1v) is 11.2. The molecule has 1 aliphatic rings. The van der Waals surface area contributed by atoms with Crippen LogP contribution in [0.2, 0.25) is 0 Å². The third-order valence-corrected chi connectivity index (χ3v) is 5.30. The monoisotopic (exact) mass is 542 g/mol. The zero-order valence-electron chi connectivity index (χ0n) is 21.1. The fourth-order valence-corrected chi connectivity index (χ4v) is 3.77. The van der Waals surface area contributed by atoms with Crippen LogP contribution in [-0.2, 0) is 5.41 Å². The number of para-hydroxylation sites is 2. The van der Waals surface area contributed by atoms with E-state index in [1.54, 1.807) is 0 Å². The van der Waals surface area contributed by atoms with E-state index in [4.69, 9.17) is 0 Å². The van der Waals surface area contributed by atoms with E-state index in [-0.39, 0.29) is 14.8 Å². The maximum Gasteiger partial charge on any atom is 0.762 e. The molecule has 1 unspecified atom stereocenters. The van der Waals surface area contributed by atoms with Gasteiger partial charge in [0.15, 0.2) is 12.4 Å². The maximum atomic E-state index is 9.67.